The maximum absolute atomic E-state index is 12.8. The molecule has 0 rings (SSSR count). The van der Waals surface area contributed by atoms with Crippen LogP contribution in [0.2, 0.25) is 0 Å². The standard InChI is InChI=1S/C56H108NO7P/c1-6-8-10-12-14-16-18-20-22-24-26-27-28-29-30-32-34-36-38-40-42-44-46-48-51-61-53-55(54-63-65(59,60)62-52-50-57(3,4)5)64-56(58)49-47-45-43-41-39-37-35-33-31-25-23-21-19-17-15-13-11-9-7-2/h15,17,21,23,31,33,55H,6-14,16,18-20,22,24-30,32,34-54H2,1-5H3/p+1/b17-15-,23-21-,33-31-. The summed E-state index contributed by atoms with van der Waals surface area (Å²) in [7, 11) is 1.67. The number of phosphoric acid groups is 1. The van der Waals surface area contributed by atoms with Gasteiger partial charge >= 0.3 is 13.8 Å². The van der Waals surface area contributed by atoms with Crippen LogP contribution in [0.15, 0.2) is 36.5 Å². The van der Waals surface area contributed by atoms with Crippen LogP contribution in [0.25, 0.3) is 0 Å². The van der Waals surface area contributed by atoms with Crippen molar-refractivity contribution in [1.82, 2.24) is 0 Å². The van der Waals surface area contributed by atoms with Gasteiger partial charge < -0.3 is 18.9 Å². The second-order valence-corrected chi connectivity index (χ2v) is 21.4. The Balaban J connectivity index is 4.08. The molecule has 0 aliphatic carbocycles. The summed E-state index contributed by atoms with van der Waals surface area (Å²) < 4.78 is 35.2. The molecule has 0 saturated heterocycles. The zero-order valence-corrected chi connectivity index (χ0v) is 44.6. The van der Waals surface area contributed by atoms with E-state index in [0.717, 1.165) is 57.8 Å². The van der Waals surface area contributed by atoms with E-state index in [-0.39, 0.29) is 25.8 Å². The SMILES string of the molecule is CCCCC/C=C\C/C=C\C/C=C\CCCCCCCCC(=O)OC(COCCCCCCCCCCCCCCCCCCCCCCCCCC)COP(=O)(O)OCC[N+](C)(C)C. The lowest BCUT2D eigenvalue weighted by Crippen LogP contribution is -2.37. The van der Waals surface area contributed by atoms with Crippen LogP contribution in [0.3, 0.4) is 0 Å². The number of unbranched alkanes of at least 4 members (excludes halogenated alkanes) is 32. The lowest BCUT2D eigenvalue weighted by atomic mass is 10.0. The highest BCUT2D eigenvalue weighted by Gasteiger charge is 2.26. The molecule has 8 nitrogen and oxygen atoms in total. The second kappa shape index (κ2) is 49.2. The summed E-state index contributed by atoms with van der Waals surface area (Å²) in [5.74, 6) is -0.321. The molecule has 0 spiro atoms. The molecule has 0 saturated carbocycles. The smallest absolute Gasteiger partial charge is 0.457 e. The maximum Gasteiger partial charge on any atom is 0.472 e. The predicted octanol–water partition coefficient (Wildman–Crippen LogP) is 17.3. The van der Waals surface area contributed by atoms with Crippen molar-refractivity contribution in [2.45, 2.75) is 264 Å². The van der Waals surface area contributed by atoms with E-state index >= 15 is 0 Å². The van der Waals surface area contributed by atoms with Gasteiger partial charge in [0.25, 0.3) is 0 Å². The number of nitrogens with zero attached hydrogens (tertiary/aromatic N) is 1. The number of quaternary nitrogens is 1. The first-order chi connectivity index (χ1) is 31.6. The number of ether oxygens (including phenoxy) is 2. The van der Waals surface area contributed by atoms with Gasteiger partial charge in [0.05, 0.1) is 34.4 Å². The average molecular weight is 939 g/mol. The fourth-order valence-corrected chi connectivity index (χ4v) is 8.66. The van der Waals surface area contributed by atoms with Gasteiger partial charge in [-0.15, -0.1) is 0 Å². The van der Waals surface area contributed by atoms with E-state index in [2.05, 4.69) is 50.3 Å². The topological polar surface area (TPSA) is 91.3 Å². The number of hydrogen-bond acceptors (Lipinski definition) is 6. The third-order valence-corrected chi connectivity index (χ3v) is 13.2. The van der Waals surface area contributed by atoms with Crippen LogP contribution in [0, 0.1) is 0 Å². The molecule has 0 aliphatic heterocycles. The predicted molar refractivity (Wildman–Crippen MR) is 280 cm³/mol. The van der Waals surface area contributed by atoms with Crippen LogP contribution in [-0.4, -0.2) is 75.6 Å². The second-order valence-electron chi connectivity index (χ2n) is 20.0. The van der Waals surface area contributed by atoms with Crippen molar-refractivity contribution in [3.63, 3.8) is 0 Å². The van der Waals surface area contributed by atoms with Gasteiger partial charge in [0.15, 0.2) is 0 Å². The van der Waals surface area contributed by atoms with Gasteiger partial charge in [0, 0.05) is 13.0 Å². The van der Waals surface area contributed by atoms with Crippen LogP contribution >= 0.6 is 7.82 Å². The minimum atomic E-state index is -4.28. The number of phosphoric ester groups is 1. The van der Waals surface area contributed by atoms with E-state index < -0.39 is 13.9 Å². The van der Waals surface area contributed by atoms with E-state index in [0.29, 0.717) is 24.1 Å². The normalized spacial score (nSPS) is 13.8. The van der Waals surface area contributed by atoms with Crippen molar-refractivity contribution in [3.8, 4) is 0 Å². The summed E-state index contributed by atoms with van der Waals surface area (Å²) in [4.78, 5) is 23.0. The van der Waals surface area contributed by atoms with Crippen LogP contribution in [0.4, 0.5) is 0 Å². The number of rotatable bonds is 52. The molecule has 0 aromatic rings. The van der Waals surface area contributed by atoms with Crippen LogP contribution in [-0.2, 0) is 27.9 Å². The molecule has 2 atom stereocenters. The van der Waals surface area contributed by atoms with E-state index in [1.54, 1.807) is 0 Å². The molecule has 9 heteroatoms. The Morgan fingerprint density at radius 1 is 0.477 bits per heavy atom. The molecule has 65 heavy (non-hydrogen) atoms. The van der Waals surface area contributed by atoms with Gasteiger partial charge in [-0.1, -0.05) is 237 Å². The van der Waals surface area contributed by atoms with E-state index in [4.69, 9.17) is 18.5 Å². The fourth-order valence-electron chi connectivity index (χ4n) is 7.92. The Morgan fingerprint density at radius 3 is 1.29 bits per heavy atom. The highest BCUT2D eigenvalue weighted by Crippen LogP contribution is 2.43. The molecular weight excluding hydrogens is 830 g/mol. The van der Waals surface area contributed by atoms with Crippen LogP contribution in [0.1, 0.15) is 258 Å². The number of carbonyl (C=O) groups excluding carboxylic acids is 1. The molecule has 0 fully saturated rings. The fraction of sp³-hybridized carbons (Fsp3) is 0.875. The van der Waals surface area contributed by atoms with Crippen molar-refractivity contribution in [1.29, 1.82) is 0 Å². The van der Waals surface area contributed by atoms with E-state index in [9.17, 15) is 14.3 Å². The van der Waals surface area contributed by atoms with Crippen LogP contribution < -0.4 is 0 Å². The summed E-state index contributed by atoms with van der Waals surface area (Å²) in [6.07, 6.45) is 60.6. The molecule has 0 heterocycles. The third-order valence-electron chi connectivity index (χ3n) is 12.2. The van der Waals surface area contributed by atoms with Crippen LogP contribution in [0.5, 0.6) is 0 Å². The minimum absolute atomic E-state index is 0.0870. The zero-order chi connectivity index (χ0) is 47.6. The Kier molecular flexibility index (Phi) is 48.2. The number of hydrogen-bond donors (Lipinski definition) is 1. The maximum atomic E-state index is 12.8. The Bertz CT molecular complexity index is 1140. The van der Waals surface area contributed by atoms with Gasteiger partial charge in [0.2, 0.25) is 0 Å². The number of esters is 1. The number of carbonyl (C=O) groups is 1. The molecule has 0 amide bonds. The highest BCUT2D eigenvalue weighted by atomic mass is 31.2. The first-order valence-corrected chi connectivity index (χ1v) is 29.2. The Labute approximate surface area is 404 Å². The van der Waals surface area contributed by atoms with Crippen molar-refractivity contribution < 1.29 is 37.3 Å². The van der Waals surface area contributed by atoms with Gasteiger partial charge in [0.1, 0.15) is 19.3 Å². The molecule has 0 aliphatic rings. The van der Waals surface area contributed by atoms with Crippen molar-refractivity contribution in [2.24, 2.45) is 0 Å². The Hall–Kier alpha value is -1.28. The van der Waals surface area contributed by atoms with Gasteiger partial charge in [-0.25, -0.2) is 4.57 Å². The zero-order valence-electron chi connectivity index (χ0n) is 43.7. The van der Waals surface area contributed by atoms with Gasteiger partial charge in [-0.2, -0.15) is 0 Å². The molecule has 1 N–H and O–H groups in total. The summed E-state index contributed by atoms with van der Waals surface area (Å²) in [6.45, 7) is 5.63. The lowest BCUT2D eigenvalue weighted by Gasteiger charge is -2.24. The van der Waals surface area contributed by atoms with Crippen molar-refractivity contribution >= 4 is 13.8 Å². The Morgan fingerprint density at radius 2 is 0.846 bits per heavy atom. The van der Waals surface area contributed by atoms with Gasteiger partial charge in [-0.05, 0) is 51.4 Å². The monoisotopic (exact) mass is 939 g/mol. The molecule has 0 radical (unpaired) electrons. The summed E-state index contributed by atoms with van der Waals surface area (Å²) >= 11 is 0. The lowest BCUT2D eigenvalue weighted by molar-refractivity contribution is -0.870. The van der Waals surface area contributed by atoms with E-state index in [1.807, 2.05) is 21.1 Å². The molecule has 0 aromatic heterocycles. The first-order valence-electron chi connectivity index (χ1n) is 27.7. The van der Waals surface area contributed by atoms with E-state index in [1.165, 1.54) is 180 Å². The molecular formula is C56H109NO7P+. The first kappa shape index (κ1) is 63.7. The number of allylic oxidation sites excluding steroid dienone is 6. The highest BCUT2D eigenvalue weighted by molar-refractivity contribution is 7.47. The quantitative estimate of drug-likeness (QED) is 0.0214. The van der Waals surface area contributed by atoms with Gasteiger partial charge in [-0.3, -0.25) is 13.8 Å². The summed E-state index contributed by atoms with van der Waals surface area (Å²) in [5, 5.41) is 0. The molecule has 0 aromatic carbocycles. The van der Waals surface area contributed by atoms with Crippen molar-refractivity contribution in [3.05, 3.63) is 36.5 Å². The third kappa shape index (κ3) is 53.5. The largest absolute Gasteiger partial charge is 0.472 e. The molecule has 384 valence electrons. The average Bonchev–Trinajstić information content (AvgIpc) is 3.27. The van der Waals surface area contributed by atoms with Crippen molar-refractivity contribution in [2.75, 3.05) is 54.1 Å². The molecule has 0 bridgehead atoms. The summed E-state index contributed by atoms with van der Waals surface area (Å²) in [5.41, 5.74) is 0. The molecule has 2 unspecified atom stereocenters. The summed E-state index contributed by atoms with van der Waals surface area (Å²) in [6, 6.07) is 0. The minimum Gasteiger partial charge on any atom is -0.457 e. The number of likely N-dealkylation sites (N-methyl/N-ethyl adjacent to an activating group) is 1.